The molecule has 0 aromatic rings. The van der Waals surface area contributed by atoms with E-state index in [1.165, 1.54) is 45.2 Å². The summed E-state index contributed by atoms with van der Waals surface area (Å²) in [7, 11) is 0. The van der Waals surface area contributed by atoms with Crippen LogP contribution in [0.4, 0.5) is 0 Å². The smallest absolute Gasteiger partial charge is 0.0153 e. The molecule has 2 heteroatoms. The van der Waals surface area contributed by atoms with Crippen LogP contribution in [0.25, 0.3) is 0 Å². The molecule has 0 spiro atoms. The zero-order valence-electron chi connectivity index (χ0n) is 10.8. The summed E-state index contributed by atoms with van der Waals surface area (Å²) in [6.45, 7) is 10.5. The molecule has 2 nitrogen and oxygen atoms in total. The van der Waals surface area contributed by atoms with Gasteiger partial charge in [0.05, 0.1) is 0 Å². The first kappa shape index (κ1) is 13.0. The fourth-order valence-electron chi connectivity index (χ4n) is 2.64. The van der Waals surface area contributed by atoms with Crippen LogP contribution in [0.3, 0.4) is 0 Å². The van der Waals surface area contributed by atoms with E-state index >= 15 is 0 Å². The van der Waals surface area contributed by atoms with Crippen molar-refractivity contribution >= 4 is 0 Å². The molecule has 1 atom stereocenters. The third-order valence-electron chi connectivity index (χ3n) is 3.86. The van der Waals surface area contributed by atoms with Crippen molar-refractivity contribution in [1.82, 2.24) is 4.90 Å². The van der Waals surface area contributed by atoms with Gasteiger partial charge in [-0.3, -0.25) is 4.90 Å². The quantitative estimate of drug-likeness (QED) is 0.733. The third-order valence-corrected chi connectivity index (χ3v) is 3.86. The first-order valence-corrected chi connectivity index (χ1v) is 6.51. The summed E-state index contributed by atoms with van der Waals surface area (Å²) in [5.74, 6) is 0.806. The van der Waals surface area contributed by atoms with E-state index in [1.807, 2.05) is 0 Å². The number of nitrogens with two attached hydrogens (primary N) is 1. The van der Waals surface area contributed by atoms with Crippen LogP contribution in [0.5, 0.6) is 0 Å². The molecule has 90 valence electrons. The summed E-state index contributed by atoms with van der Waals surface area (Å²) in [5.41, 5.74) is 6.01. The summed E-state index contributed by atoms with van der Waals surface area (Å²) < 4.78 is 0. The molecule has 0 amide bonds. The molecule has 1 fully saturated rings. The lowest BCUT2D eigenvalue weighted by atomic mass is 9.99. The van der Waals surface area contributed by atoms with E-state index in [0.29, 0.717) is 5.54 Å². The zero-order valence-corrected chi connectivity index (χ0v) is 10.8. The molecule has 0 bridgehead atoms. The largest absolute Gasteiger partial charge is 0.330 e. The number of hydrogen-bond acceptors (Lipinski definition) is 2. The van der Waals surface area contributed by atoms with Crippen molar-refractivity contribution in [3.8, 4) is 0 Å². The van der Waals surface area contributed by atoms with Gasteiger partial charge in [0, 0.05) is 5.54 Å². The highest BCUT2D eigenvalue weighted by molar-refractivity contribution is 4.87. The summed E-state index contributed by atoms with van der Waals surface area (Å²) in [6.07, 6.45) is 6.61. The van der Waals surface area contributed by atoms with Crippen LogP contribution in [0.1, 0.15) is 52.9 Å². The zero-order chi connectivity index (χ0) is 11.3. The maximum atomic E-state index is 5.56. The lowest BCUT2D eigenvalue weighted by molar-refractivity contribution is 0.169. The first-order chi connectivity index (χ1) is 7.06. The molecular formula is C13H28N2. The van der Waals surface area contributed by atoms with Gasteiger partial charge < -0.3 is 5.73 Å². The molecule has 0 aromatic carbocycles. The molecule has 1 aliphatic heterocycles. The van der Waals surface area contributed by atoms with Crippen molar-refractivity contribution in [1.29, 1.82) is 0 Å². The molecule has 1 heterocycles. The summed E-state index contributed by atoms with van der Waals surface area (Å²) in [6, 6.07) is 0. The van der Waals surface area contributed by atoms with Gasteiger partial charge in [0.2, 0.25) is 0 Å². The molecule has 1 rings (SSSR count). The second kappa shape index (κ2) is 5.86. The average Bonchev–Trinajstić information content (AvgIpc) is 2.46. The molecular weight excluding hydrogens is 184 g/mol. The molecule has 0 saturated carbocycles. The Labute approximate surface area is 95.2 Å². The van der Waals surface area contributed by atoms with E-state index in [2.05, 4.69) is 25.7 Å². The minimum Gasteiger partial charge on any atom is -0.330 e. The molecule has 1 unspecified atom stereocenters. The Balaban J connectivity index is 2.14. The monoisotopic (exact) mass is 212 g/mol. The Bertz CT molecular complexity index is 177. The van der Waals surface area contributed by atoms with E-state index in [0.717, 1.165) is 12.5 Å². The van der Waals surface area contributed by atoms with Crippen LogP contribution >= 0.6 is 0 Å². The molecule has 1 saturated heterocycles. The number of likely N-dealkylation sites (tertiary alicyclic amines) is 1. The van der Waals surface area contributed by atoms with Gasteiger partial charge in [-0.25, -0.2) is 0 Å². The van der Waals surface area contributed by atoms with Gasteiger partial charge in [-0.1, -0.05) is 6.92 Å². The fraction of sp³-hybridized carbons (Fsp3) is 1.00. The highest BCUT2D eigenvalue weighted by atomic mass is 15.2. The first-order valence-electron chi connectivity index (χ1n) is 6.51. The Morgan fingerprint density at radius 3 is 2.60 bits per heavy atom. The van der Waals surface area contributed by atoms with Crippen molar-refractivity contribution in [2.75, 3.05) is 19.6 Å². The molecule has 0 aromatic heterocycles. The Kier molecular flexibility index (Phi) is 5.07. The molecule has 1 aliphatic rings. The van der Waals surface area contributed by atoms with Crippen molar-refractivity contribution in [2.24, 2.45) is 11.7 Å². The van der Waals surface area contributed by atoms with E-state index in [4.69, 9.17) is 5.73 Å². The second-order valence-electron chi connectivity index (χ2n) is 5.73. The van der Waals surface area contributed by atoms with Crippen LogP contribution in [0.15, 0.2) is 0 Å². The lowest BCUT2D eigenvalue weighted by Crippen LogP contribution is -2.38. The van der Waals surface area contributed by atoms with Crippen molar-refractivity contribution in [2.45, 2.75) is 58.4 Å². The van der Waals surface area contributed by atoms with Crippen LogP contribution in [0, 0.1) is 5.92 Å². The van der Waals surface area contributed by atoms with Gasteiger partial charge in [0.1, 0.15) is 0 Å². The predicted octanol–water partition coefficient (Wildman–Crippen LogP) is 2.63. The van der Waals surface area contributed by atoms with Crippen LogP contribution < -0.4 is 5.73 Å². The van der Waals surface area contributed by atoms with Crippen molar-refractivity contribution in [3.05, 3.63) is 0 Å². The van der Waals surface area contributed by atoms with Crippen molar-refractivity contribution < 1.29 is 0 Å². The minimum atomic E-state index is 0.455. The van der Waals surface area contributed by atoms with Gasteiger partial charge >= 0.3 is 0 Å². The SMILES string of the molecule is CC(CCN)CCCN1CCCC1(C)C. The van der Waals surface area contributed by atoms with Gasteiger partial charge in [0.15, 0.2) is 0 Å². The number of hydrogen-bond donors (Lipinski definition) is 1. The van der Waals surface area contributed by atoms with Crippen LogP contribution in [0.2, 0.25) is 0 Å². The fourth-order valence-corrected chi connectivity index (χ4v) is 2.64. The predicted molar refractivity (Wildman–Crippen MR) is 67.0 cm³/mol. The number of nitrogens with zero attached hydrogens (tertiary/aromatic N) is 1. The van der Waals surface area contributed by atoms with E-state index in [9.17, 15) is 0 Å². The Morgan fingerprint density at radius 1 is 1.33 bits per heavy atom. The highest BCUT2D eigenvalue weighted by Crippen LogP contribution is 2.28. The van der Waals surface area contributed by atoms with Crippen molar-refractivity contribution in [3.63, 3.8) is 0 Å². The van der Waals surface area contributed by atoms with Gasteiger partial charge in [0.25, 0.3) is 0 Å². The van der Waals surface area contributed by atoms with E-state index < -0.39 is 0 Å². The third kappa shape index (κ3) is 4.12. The molecule has 2 N–H and O–H groups in total. The van der Waals surface area contributed by atoms with Gasteiger partial charge in [-0.2, -0.15) is 0 Å². The Hall–Kier alpha value is -0.0800. The lowest BCUT2D eigenvalue weighted by Gasteiger charge is -2.31. The molecule has 0 radical (unpaired) electrons. The second-order valence-corrected chi connectivity index (χ2v) is 5.73. The summed E-state index contributed by atoms with van der Waals surface area (Å²) >= 11 is 0. The van der Waals surface area contributed by atoms with E-state index in [1.54, 1.807) is 0 Å². The summed E-state index contributed by atoms with van der Waals surface area (Å²) in [5, 5.41) is 0. The van der Waals surface area contributed by atoms with Gasteiger partial charge in [-0.15, -0.1) is 0 Å². The van der Waals surface area contributed by atoms with Crippen LogP contribution in [-0.2, 0) is 0 Å². The topological polar surface area (TPSA) is 29.3 Å². The molecule has 15 heavy (non-hydrogen) atoms. The number of rotatable bonds is 6. The normalized spacial score (nSPS) is 23.2. The highest BCUT2D eigenvalue weighted by Gasteiger charge is 2.30. The average molecular weight is 212 g/mol. The maximum Gasteiger partial charge on any atom is 0.0153 e. The minimum absolute atomic E-state index is 0.455. The van der Waals surface area contributed by atoms with Gasteiger partial charge in [-0.05, 0) is 71.5 Å². The molecule has 0 aliphatic carbocycles. The Morgan fingerprint density at radius 2 is 2.07 bits per heavy atom. The summed E-state index contributed by atoms with van der Waals surface area (Å²) in [4.78, 5) is 2.65. The maximum absolute atomic E-state index is 5.56. The standard InChI is InChI=1S/C13H28N2/c1-12(7-9-14)6-4-10-15-11-5-8-13(15,2)3/h12H,4-11,14H2,1-3H3. The van der Waals surface area contributed by atoms with Crippen LogP contribution in [-0.4, -0.2) is 30.1 Å². The van der Waals surface area contributed by atoms with E-state index in [-0.39, 0.29) is 0 Å².